The van der Waals surface area contributed by atoms with Gasteiger partial charge in [0.1, 0.15) is 12.6 Å². The topological polar surface area (TPSA) is 140 Å². The quantitative estimate of drug-likeness (QED) is 0.196. The summed E-state index contributed by atoms with van der Waals surface area (Å²) in [4.78, 5) is 51.8. The molecule has 3 aromatic rings. The van der Waals surface area contributed by atoms with Crippen molar-refractivity contribution < 1.29 is 46.0 Å². The van der Waals surface area contributed by atoms with Crippen LogP contribution in [0.2, 0.25) is 0 Å². The number of carbonyl (C=O) groups is 4. The third-order valence-electron chi connectivity index (χ3n) is 6.95. The van der Waals surface area contributed by atoms with Crippen LogP contribution in [0.5, 0.6) is 5.75 Å². The average molecular weight is 619 g/mol. The summed E-state index contributed by atoms with van der Waals surface area (Å²) >= 11 is 0. The van der Waals surface area contributed by atoms with Gasteiger partial charge in [0.25, 0.3) is 5.91 Å². The van der Waals surface area contributed by atoms with Gasteiger partial charge in [-0.05, 0) is 25.2 Å². The van der Waals surface area contributed by atoms with Crippen molar-refractivity contribution in [2.24, 2.45) is 11.8 Å². The highest BCUT2D eigenvalue weighted by Crippen LogP contribution is 2.27. The van der Waals surface area contributed by atoms with Crippen molar-refractivity contribution in [2.45, 2.75) is 45.2 Å². The number of nitrogens with zero attached hydrogens (tertiary/aromatic N) is 1. The molecule has 234 valence electrons. The number of ketones is 1. The molecule has 0 aliphatic carbocycles. The van der Waals surface area contributed by atoms with E-state index >= 15 is 0 Å². The van der Waals surface area contributed by atoms with Gasteiger partial charge in [0, 0.05) is 30.2 Å². The van der Waals surface area contributed by atoms with Crippen LogP contribution < -0.4 is 20.7 Å². The van der Waals surface area contributed by atoms with Crippen molar-refractivity contribution in [3.05, 3.63) is 71.4 Å². The maximum absolute atomic E-state index is 14.1. The molecule has 14 heteroatoms. The van der Waals surface area contributed by atoms with E-state index < -0.39 is 71.2 Å². The number of carbonyl (C=O) groups excluding carboxylic acids is 4. The summed E-state index contributed by atoms with van der Waals surface area (Å²) in [6.07, 6.45) is 0.287. The van der Waals surface area contributed by atoms with Gasteiger partial charge in [0.2, 0.25) is 23.4 Å². The van der Waals surface area contributed by atoms with Crippen LogP contribution in [-0.4, -0.2) is 53.9 Å². The standard InChI is InChI=1S/C30H30F4N4O6/c1-15(2)10-21(37-30(42)22-13-24(44-38-22)16-6-4-3-5-7-16)29(41)36-20(11-17-8-9-35-28(17)40)23(39)14-43-27-25(33)18(31)12-19(32)26(27)34/h3-7,12-13,15,17,20-21H,8-11,14H2,1-2H3,(H,35,40)(H,36,41)(H,37,42)/t17-,20-,21-/m0/s1. The van der Waals surface area contributed by atoms with Gasteiger partial charge in [-0.25, -0.2) is 8.78 Å². The van der Waals surface area contributed by atoms with Crippen LogP contribution in [0.3, 0.4) is 0 Å². The number of ether oxygens (including phenoxy) is 1. The third kappa shape index (κ3) is 7.79. The number of hydrogen-bond acceptors (Lipinski definition) is 7. The summed E-state index contributed by atoms with van der Waals surface area (Å²) in [6.45, 7) is 2.86. The highest BCUT2D eigenvalue weighted by molar-refractivity contribution is 5.98. The van der Waals surface area contributed by atoms with E-state index in [1.54, 1.807) is 38.1 Å². The molecule has 1 fully saturated rings. The van der Waals surface area contributed by atoms with Gasteiger partial charge in [0.15, 0.2) is 34.6 Å². The second-order valence-electron chi connectivity index (χ2n) is 10.7. The highest BCUT2D eigenvalue weighted by atomic mass is 19.2. The van der Waals surface area contributed by atoms with Crippen molar-refractivity contribution >= 4 is 23.5 Å². The fourth-order valence-electron chi connectivity index (χ4n) is 4.68. The predicted octanol–water partition coefficient (Wildman–Crippen LogP) is 3.70. The fourth-order valence-corrected chi connectivity index (χ4v) is 4.68. The van der Waals surface area contributed by atoms with Crippen LogP contribution in [0.15, 0.2) is 47.0 Å². The van der Waals surface area contributed by atoms with Gasteiger partial charge in [-0.1, -0.05) is 49.3 Å². The van der Waals surface area contributed by atoms with E-state index in [0.717, 1.165) is 0 Å². The van der Waals surface area contributed by atoms with Crippen LogP contribution in [0.25, 0.3) is 11.3 Å². The normalized spacial score (nSPS) is 15.9. The maximum atomic E-state index is 14.1. The summed E-state index contributed by atoms with van der Waals surface area (Å²) < 4.78 is 65.4. The summed E-state index contributed by atoms with van der Waals surface area (Å²) in [5, 5.41) is 11.5. The third-order valence-corrected chi connectivity index (χ3v) is 6.95. The summed E-state index contributed by atoms with van der Waals surface area (Å²) in [5.41, 5.74) is 0.580. The molecule has 44 heavy (non-hydrogen) atoms. The van der Waals surface area contributed by atoms with Crippen LogP contribution in [0.4, 0.5) is 17.6 Å². The van der Waals surface area contributed by atoms with Gasteiger partial charge in [-0.2, -0.15) is 8.78 Å². The molecule has 1 aromatic heterocycles. The zero-order valence-electron chi connectivity index (χ0n) is 23.8. The lowest BCUT2D eigenvalue weighted by atomic mass is 9.95. The van der Waals surface area contributed by atoms with E-state index in [0.29, 0.717) is 24.3 Å². The molecule has 3 atom stereocenters. The Balaban J connectivity index is 1.50. The zero-order valence-corrected chi connectivity index (χ0v) is 23.8. The van der Waals surface area contributed by atoms with Crippen LogP contribution in [-0.2, 0) is 14.4 Å². The summed E-state index contributed by atoms with van der Waals surface area (Å²) in [5.74, 6) is -11.8. The molecule has 1 saturated heterocycles. The second-order valence-corrected chi connectivity index (χ2v) is 10.7. The Morgan fingerprint density at radius 2 is 1.70 bits per heavy atom. The smallest absolute Gasteiger partial charge is 0.274 e. The number of nitrogens with one attached hydrogen (secondary N) is 3. The minimum Gasteiger partial charge on any atom is -0.479 e. The molecular weight excluding hydrogens is 588 g/mol. The van der Waals surface area contributed by atoms with Crippen molar-refractivity contribution in [2.75, 3.05) is 13.2 Å². The molecule has 2 heterocycles. The first-order chi connectivity index (χ1) is 20.9. The molecule has 0 spiro atoms. The van der Waals surface area contributed by atoms with Crippen molar-refractivity contribution in [1.29, 1.82) is 0 Å². The Bertz CT molecular complexity index is 1500. The SMILES string of the molecule is CC(C)C[C@H](NC(=O)c1cc(-c2ccccc2)on1)C(=O)N[C@@H](C[C@@H]1CCNC1=O)C(=O)COc1c(F)c(F)cc(F)c1F. The number of rotatable bonds is 13. The summed E-state index contributed by atoms with van der Waals surface area (Å²) in [6, 6.07) is 7.71. The number of amides is 3. The van der Waals surface area contributed by atoms with Gasteiger partial charge in [-0.3, -0.25) is 19.2 Å². The number of benzene rings is 2. The molecule has 1 aliphatic rings. The first-order valence-corrected chi connectivity index (χ1v) is 13.8. The maximum Gasteiger partial charge on any atom is 0.274 e. The van der Waals surface area contributed by atoms with Gasteiger partial charge in [-0.15, -0.1) is 0 Å². The molecule has 4 rings (SSSR count). The molecule has 1 aliphatic heterocycles. The van der Waals surface area contributed by atoms with E-state index in [1.165, 1.54) is 6.07 Å². The second kappa shape index (κ2) is 14.1. The van der Waals surface area contributed by atoms with Crippen LogP contribution >= 0.6 is 0 Å². The zero-order chi connectivity index (χ0) is 32.0. The lowest BCUT2D eigenvalue weighted by Gasteiger charge is -2.25. The molecule has 10 nitrogen and oxygen atoms in total. The minimum absolute atomic E-state index is 0.00816. The van der Waals surface area contributed by atoms with Crippen molar-refractivity contribution in [3.63, 3.8) is 0 Å². The van der Waals surface area contributed by atoms with E-state index in [9.17, 15) is 36.7 Å². The molecule has 0 radical (unpaired) electrons. The summed E-state index contributed by atoms with van der Waals surface area (Å²) in [7, 11) is 0. The lowest BCUT2D eigenvalue weighted by Crippen LogP contribution is -2.53. The highest BCUT2D eigenvalue weighted by Gasteiger charge is 2.34. The van der Waals surface area contributed by atoms with E-state index in [-0.39, 0.29) is 36.4 Å². The molecule has 0 unspecified atom stereocenters. The first kappa shape index (κ1) is 32.2. The number of Topliss-reactive ketones (excluding diaryl/α,β-unsaturated/α-hetero) is 1. The Morgan fingerprint density at radius 3 is 2.32 bits per heavy atom. The van der Waals surface area contributed by atoms with Gasteiger partial charge < -0.3 is 25.2 Å². The minimum atomic E-state index is -1.84. The number of hydrogen-bond donors (Lipinski definition) is 3. The molecule has 0 saturated carbocycles. The van der Waals surface area contributed by atoms with Gasteiger partial charge in [0.05, 0.1) is 6.04 Å². The molecule has 0 bridgehead atoms. The molecule has 3 amide bonds. The van der Waals surface area contributed by atoms with E-state index in [1.807, 2.05) is 6.07 Å². The van der Waals surface area contributed by atoms with Crippen molar-refractivity contribution in [3.8, 4) is 17.1 Å². The monoisotopic (exact) mass is 618 g/mol. The van der Waals surface area contributed by atoms with Crippen LogP contribution in [0, 0.1) is 35.1 Å². The largest absolute Gasteiger partial charge is 0.479 e. The average Bonchev–Trinajstić information content (AvgIpc) is 3.65. The van der Waals surface area contributed by atoms with E-state index in [2.05, 4.69) is 21.1 Å². The molecule has 2 aromatic carbocycles. The number of halogens is 4. The lowest BCUT2D eigenvalue weighted by molar-refractivity contribution is -0.131. The molecular formula is C30H30F4N4O6. The Morgan fingerprint density at radius 1 is 1.02 bits per heavy atom. The van der Waals surface area contributed by atoms with E-state index in [4.69, 9.17) is 9.26 Å². The van der Waals surface area contributed by atoms with Crippen molar-refractivity contribution in [1.82, 2.24) is 21.1 Å². The van der Waals surface area contributed by atoms with Crippen LogP contribution in [0.1, 0.15) is 43.6 Å². The number of aromatic nitrogens is 1. The fraction of sp³-hybridized carbons (Fsp3) is 0.367. The Kier molecular flexibility index (Phi) is 10.3. The van der Waals surface area contributed by atoms with Gasteiger partial charge >= 0.3 is 0 Å². The predicted molar refractivity (Wildman–Crippen MR) is 147 cm³/mol. The molecule has 3 N–H and O–H groups in total. The Hall–Kier alpha value is -4.75. The Labute approximate surface area is 249 Å². The first-order valence-electron chi connectivity index (χ1n) is 13.8.